The minimum atomic E-state index is -1.22. The van der Waals surface area contributed by atoms with Crippen LogP contribution >= 0.6 is 0 Å². The number of benzene rings is 1. The van der Waals surface area contributed by atoms with Crippen molar-refractivity contribution in [3.05, 3.63) is 35.4 Å². The zero-order valence-corrected chi connectivity index (χ0v) is 10.4. The summed E-state index contributed by atoms with van der Waals surface area (Å²) in [6.07, 6.45) is 3.03. The fourth-order valence-electron chi connectivity index (χ4n) is 3.53. The zero-order chi connectivity index (χ0) is 12.9. The van der Waals surface area contributed by atoms with Crippen molar-refractivity contribution in [3.8, 4) is 0 Å². The molecule has 2 heterocycles. The van der Waals surface area contributed by atoms with Crippen molar-refractivity contribution in [1.82, 2.24) is 4.90 Å². The van der Waals surface area contributed by atoms with E-state index >= 15 is 0 Å². The first-order valence-electron chi connectivity index (χ1n) is 6.40. The predicted octanol–water partition coefficient (Wildman–Crippen LogP) is 2.41. The smallest absolute Gasteiger partial charge is 0.164 e. The van der Waals surface area contributed by atoms with E-state index in [0.29, 0.717) is 12.8 Å². The number of rotatable bonds is 1. The molecule has 2 fully saturated rings. The van der Waals surface area contributed by atoms with E-state index in [2.05, 4.69) is 4.90 Å². The van der Waals surface area contributed by atoms with Gasteiger partial charge < -0.3 is 10.0 Å². The molecule has 2 aliphatic heterocycles. The number of piperidine rings is 1. The van der Waals surface area contributed by atoms with Crippen LogP contribution in [0.4, 0.5) is 8.78 Å². The fourth-order valence-corrected chi connectivity index (χ4v) is 3.53. The second-order valence-electron chi connectivity index (χ2n) is 5.59. The molecule has 1 aromatic carbocycles. The van der Waals surface area contributed by atoms with Crippen LogP contribution in [0.25, 0.3) is 0 Å². The molecule has 2 saturated heterocycles. The first-order valence-corrected chi connectivity index (χ1v) is 6.40. The summed E-state index contributed by atoms with van der Waals surface area (Å²) in [5, 5.41) is 10.7. The molecule has 2 aliphatic rings. The first-order chi connectivity index (χ1) is 8.51. The van der Waals surface area contributed by atoms with Gasteiger partial charge in [-0.15, -0.1) is 0 Å². The van der Waals surface area contributed by atoms with E-state index in [1.54, 1.807) is 0 Å². The van der Waals surface area contributed by atoms with Crippen LogP contribution in [0.1, 0.15) is 31.2 Å². The molecule has 0 radical (unpaired) electrons. The number of fused-ring (bicyclic) bond motifs is 2. The third-order valence-electron chi connectivity index (χ3n) is 4.58. The molecular weight excluding hydrogens is 236 g/mol. The quantitative estimate of drug-likeness (QED) is 0.830. The lowest BCUT2D eigenvalue weighted by Crippen LogP contribution is -2.48. The van der Waals surface area contributed by atoms with Crippen molar-refractivity contribution in [3.63, 3.8) is 0 Å². The first kappa shape index (κ1) is 12.1. The molecule has 0 spiro atoms. The highest BCUT2D eigenvalue weighted by Crippen LogP contribution is 2.45. The van der Waals surface area contributed by atoms with Gasteiger partial charge in [-0.25, -0.2) is 8.78 Å². The molecule has 2 atom stereocenters. The molecule has 0 amide bonds. The Morgan fingerprint density at radius 2 is 1.83 bits per heavy atom. The minimum absolute atomic E-state index is 0.118. The highest BCUT2D eigenvalue weighted by atomic mass is 19.2. The van der Waals surface area contributed by atoms with Gasteiger partial charge in [0.2, 0.25) is 0 Å². The summed E-state index contributed by atoms with van der Waals surface area (Å²) < 4.78 is 27.1. The molecule has 2 bridgehead atoms. The van der Waals surface area contributed by atoms with E-state index < -0.39 is 17.2 Å². The van der Waals surface area contributed by atoms with Gasteiger partial charge >= 0.3 is 0 Å². The van der Waals surface area contributed by atoms with E-state index in [0.717, 1.165) is 18.9 Å². The average molecular weight is 253 g/mol. The molecular formula is C14H17F2NO. The fraction of sp³-hybridized carbons (Fsp3) is 0.571. The van der Waals surface area contributed by atoms with Gasteiger partial charge in [-0.1, -0.05) is 12.1 Å². The monoisotopic (exact) mass is 253 g/mol. The Balaban J connectivity index is 1.99. The van der Waals surface area contributed by atoms with Crippen LogP contribution in [0.15, 0.2) is 18.2 Å². The van der Waals surface area contributed by atoms with Crippen LogP contribution in [-0.4, -0.2) is 29.1 Å². The van der Waals surface area contributed by atoms with Crippen LogP contribution in [0.5, 0.6) is 0 Å². The lowest BCUT2D eigenvalue weighted by atomic mass is 9.80. The standard InChI is InChI=1S/C14H17F2NO/c1-17-9-5-6-10(17)8-14(18,7-9)11-3-2-4-12(15)13(11)16/h2-4,9-10,18H,5-8H2,1H3. The van der Waals surface area contributed by atoms with Crippen LogP contribution in [0.2, 0.25) is 0 Å². The van der Waals surface area contributed by atoms with Crippen LogP contribution < -0.4 is 0 Å². The van der Waals surface area contributed by atoms with Crippen molar-refractivity contribution in [2.24, 2.45) is 0 Å². The van der Waals surface area contributed by atoms with Crippen molar-refractivity contribution >= 4 is 0 Å². The number of aliphatic hydroxyl groups is 1. The summed E-state index contributed by atoms with van der Waals surface area (Å²) in [5.74, 6) is -1.78. The molecule has 0 saturated carbocycles. The molecule has 2 nitrogen and oxygen atoms in total. The van der Waals surface area contributed by atoms with Crippen LogP contribution in [0.3, 0.4) is 0 Å². The van der Waals surface area contributed by atoms with Crippen LogP contribution in [-0.2, 0) is 5.60 Å². The third-order valence-corrected chi connectivity index (χ3v) is 4.58. The molecule has 1 N–H and O–H groups in total. The van der Waals surface area contributed by atoms with Crippen molar-refractivity contribution in [2.45, 2.75) is 43.4 Å². The van der Waals surface area contributed by atoms with E-state index in [1.165, 1.54) is 12.1 Å². The maximum absolute atomic E-state index is 13.9. The molecule has 2 unspecified atom stereocenters. The Bertz CT molecular complexity index is 463. The van der Waals surface area contributed by atoms with E-state index in [9.17, 15) is 13.9 Å². The van der Waals surface area contributed by atoms with Crippen molar-refractivity contribution in [2.75, 3.05) is 7.05 Å². The molecule has 98 valence electrons. The Labute approximate surface area is 105 Å². The summed E-state index contributed by atoms with van der Waals surface area (Å²) in [4.78, 5) is 2.26. The number of hydrogen-bond acceptors (Lipinski definition) is 2. The molecule has 18 heavy (non-hydrogen) atoms. The largest absolute Gasteiger partial charge is 0.385 e. The average Bonchev–Trinajstić information content (AvgIpc) is 2.57. The van der Waals surface area contributed by atoms with Gasteiger partial charge in [0.05, 0.1) is 5.60 Å². The molecule has 1 aromatic rings. The SMILES string of the molecule is CN1C2CCC1CC(O)(c1cccc(F)c1F)C2. The highest BCUT2D eigenvalue weighted by molar-refractivity contribution is 5.27. The summed E-state index contributed by atoms with van der Waals surface area (Å²) in [5.41, 5.74) is -1.10. The molecule has 0 aromatic heterocycles. The van der Waals surface area contributed by atoms with Gasteiger partial charge in [0.1, 0.15) is 0 Å². The third kappa shape index (κ3) is 1.67. The van der Waals surface area contributed by atoms with Gasteiger partial charge in [-0.2, -0.15) is 0 Å². The molecule has 4 heteroatoms. The number of hydrogen-bond donors (Lipinski definition) is 1. The van der Waals surface area contributed by atoms with E-state index in [1.807, 2.05) is 7.05 Å². The zero-order valence-electron chi connectivity index (χ0n) is 10.4. The minimum Gasteiger partial charge on any atom is -0.385 e. The maximum Gasteiger partial charge on any atom is 0.164 e. The second-order valence-corrected chi connectivity index (χ2v) is 5.59. The number of nitrogens with zero attached hydrogens (tertiary/aromatic N) is 1. The predicted molar refractivity (Wildman–Crippen MR) is 64.1 cm³/mol. The van der Waals surface area contributed by atoms with Crippen molar-refractivity contribution < 1.29 is 13.9 Å². The lowest BCUT2D eigenvalue weighted by molar-refractivity contribution is -0.0519. The summed E-state index contributed by atoms with van der Waals surface area (Å²) in [6, 6.07) is 4.61. The van der Waals surface area contributed by atoms with E-state index in [-0.39, 0.29) is 17.6 Å². The van der Waals surface area contributed by atoms with Gasteiger partial charge in [0, 0.05) is 17.6 Å². The summed E-state index contributed by atoms with van der Waals surface area (Å²) >= 11 is 0. The second kappa shape index (κ2) is 4.00. The van der Waals surface area contributed by atoms with Crippen molar-refractivity contribution in [1.29, 1.82) is 0 Å². The summed E-state index contributed by atoms with van der Waals surface area (Å²) in [6.45, 7) is 0. The summed E-state index contributed by atoms with van der Waals surface area (Å²) in [7, 11) is 2.05. The van der Waals surface area contributed by atoms with Gasteiger partial charge in [-0.3, -0.25) is 0 Å². The van der Waals surface area contributed by atoms with Gasteiger partial charge in [0.15, 0.2) is 11.6 Å². The van der Waals surface area contributed by atoms with E-state index in [4.69, 9.17) is 0 Å². The molecule has 0 aliphatic carbocycles. The normalized spacial score (nSPS) is 36.0. The molecule has 3 rings (SSSR count). The lowest BCUT2D eigenvalue weighted by Gasteiger charge is -2.42. The Morgan fingerprint density at radius 3 is 2.44 bits per heavy atom. The Morgan fingerprint density at radius 1 is 1.22 bits per heavy atom. The Kier molecular flexibility index (Phi) is 2.68. The maximum atomic E-state index is 13.9. The Hall–Kier alpha value is -1.00. The topological polar surface area (TPSA) is 23.5 Å². The number of halogens is 2. The van der Waals surface area contributed by atoms with Gasteiger partial charge in [-0.05, 0) is 38.8 Å². The van der Waals surface area contributed by atoms with Crippen LogP contribution in [0, 0.1) is 11.6 Å². The highest BCUT2D eigenvalue weighted by Gasteiger charge is 2.47. The van der Waals surface area contributed by atoms with Gasteiger partial charge in [0.25, 0.3) is 0 Å².